The number of nitrogens with zero attached hydrogens (tertiary/aromatic N) is 1. The highest BCUT2D eigenvalue weighted by molar-refractivity contribution is 7.05. The third-order valence-electron chi connectivity index (χ3n) is 3.46. The van der Waals surface area contributed by atoms with E-state index in [1.807, 2.05) is 0 Å². The molecule has 0 atom stereocenters. The number of nitrogens with one attached hydrogen (secondary N) is 2. The van der Waals surface area contributed by atoms with Gasteiger partial charge in [0.1, 0.15) is 5.52 Å². The van der Waals surface area contributed by atoms with Crippen LogP contribution in [0.2, 0.25) is 5.02 Å². The molecule has 2 aromatic carbocycles. The fraction of sp³-hybridized carbons (Fsp3) is 0.125. The Bertz CT molecular complexity index is 909. The van der Waals surface area contributed by atoms with Gasteiger partial charge in [-0.1, -0.05) is 23.7 Å². The Labute approximate surface area is 149 Å². The summed E-state index contributed by atoms with van der Waals surface area (Å²) in [6, 6.07) is 7.41. The lowest BCUT2D eigenvalue weighted by atomic mass is 10.1. The van der Waals surface area contributed by atoms with E-state index < -0.39 is 17.8 Å². The third kappa shape index (κ3) is 4.02. The number of anilines is 1. The van der Waals surface area contributed by atoms with E-state index in [-0.39, 0.29) is 6.54 Å². The van der Waals surface area contributed by atoms with Crippen LogP contribution in [0.4, 0.5) is 23.7 Å². The zero-order valence-corrected chi connectivity index (χ0v) is 14.1. The number of halogens is 4. The van der Waals surface area contributed by atoms with Crippen molar-refractivity contribution in [2.45, 2.75) is 12.7 Å². The van der Waals surface area contributed by atoms with Gasteiger partial charge in [0.05, 0.1) is 16.3 Å². The van der Waals surface area contributed by atoms with E-state index in [0.717, 1.165) is 17.5 Å². The number of urea groups is 1. The maximum Gasteiger partial charge on any atom is 0.416 e. The van der Waals surface area contributed by atoms with Crippen molar-refractivity contribution < 1.29 is 18.0 Å². The Morgan fingerprint density at radius 3 is 2.56 bits per heavy atom. The van der Waals surface area contributed by atoms with Crippen LogP contribution in [0, 0.1) is 0 Å². The molecular weight excluding hydrogens is 375 g/mol. The predicted molar refractivity (Wildman–Crippen MR) is 91.9 cm³/mol. The molecule has 0 bridgehead atoms. The minimum Gasteiger partial charge on any atom is -0.334 e. The van der Waals surface area contributed by atoms with Crippen molar-refractivity contribution in [3.05, 3.63) is 57.9 Å². The number of hydrogen-bond acceptors (Lipinski definition) is 3. The van der Waals surface area contributed by atoms with Crippen molar-refractivity contribution in [3.8, 4) is 0 Å². The first-order chi connectivity index (χ1) is 11.8. The van der Waals surface area contributed by atoms with Crippen molar-refractivity contribution in [1.82, 2.24) is 9.69 Å². The fourth-order valence-corrected chi connectivity index (χ4v) is 3.16. The fourth-order valence-electron chi connectivity index (χ4n) is 2.19. The summed E-state index contributed by atoms with van der Waals surface area (Å²) in [6.07, 6.45) is -4.38. The minimum atomic E-state index is -4.38. The van der Waals surface area contributed by atoms with Gasteiger partial charge in [-0.25, -0.2) is 4.79 Å². The van der Waals surface area contributed by atoms with Crippen molar-refractivity contribution >= 4 is 45.8 Å². The van der Waals surface area contributed by atoms with Crippen LogP contribution >= 0.6 is 23.1 Å². The van der Waals surface area contributed by atoms with Gasteiger partial charge < -0.3 is 10.6 Å². The average Bonchev–Trinajstić information content (AvgIpc) is 3.06. The molecule has 4 nitrogen and oxygen atoms in total. The molecule has 2 N–H and O–H groups in total. The van der Waals surface area contributed by atoms with Crippen molar-refractivity contribution in [2.24, 2.45) is 0 Å². The van der Waals surface area contributed by atoms with Crippen LogP contribution in [0.5, 0.6) is 0 Å². The van der Waals surface area contributed by atoms with E-state index in [1.54, 1.807) is 17.5 Å². The highest BCUT2D eigenvalue weighted by Crippen LogP contribution is 2.30. The summed E-state index contributed by atoms with van der Waals surface area (Å²) >= 11 is 7.27. The largest absolute Gasteiger partial charge is 0.416 e. The average molecular weight is 386 g/mol. The molecule has 0 aliphatic heterocycles. The van der Waals surface area contributed by atoms with Crippen LogP contribution in [0.3, 0.4) is 0 Å². The van der Waals surface area contributed by atoms with Crippen LogP contribution in [-0.4, -0.2) is 10.4 Å². The molecule has 3 rings (SSSR count). The molecule has 25 heavy (non-hydrogen) atoms. The predicted octanol–water partition coefficient (Wildman–Crippen LogP) is 5.29. The van der Waals surface area contributed by atoms with E-state index in [4.69, 9.17) is 11.6 Å². The molecule has 9 heteroatoms. The molecule has 0 saturated heterocycles. The first-order valence-electron chi connectivity index (χ1n) is 7.08. The van der Waals surface area contributed by atoms with Crippen molar-refractivity contribution in [1.29, 1.82) is 0 Å². The third-order valence-corrected chi connectivity index (χ3v) is 4.42. The molecule has 130 valence electrons. The number of carbonyl (C=O) groups is 1. The molecule has 0 saturated carbocycles. The number of amides is 2. The number of rotatable bonds is 3. The molecule has 0 spiro atoms. The van der Waals surface area contributed by atoms with Gasteiger partial charge in [-0.3, -0.25) is 0 Å². The lowest BCUT2D eigenvalue weighted by molar-refractivity contribution is -0.137. The Kier molecular flexibility index (Phi) is 4.82. The van der Waals surface area contributed by atoms with Crippen molar-refractivity contribution in [3.63, 3.8) is 0 Å². The van der Waals surface area contributed by atoms with Gasteiger partial charge in [0, 0.05) is 17.3 Å². The van der Waals surface area contributed by atoms with Crippen LogP contribution in [-0.2, 0) is 12.7 Å². The molecule has 0 radical (unpaired) electrons. The molecule has 1 aromatic heterocycles. The molecule has 0 fully saturated rings. The Morgan fingerprint density at radius 1 is 1.16 bits per heavy atom. The summed E-state index contributed by atoms with van der Waals surface area (Å²) in [5.74, 6) is 0. The number of fused-ring (bicyclic) bond motifs is 1. The summed E-state index contributed by atoms with van der Waals surface area (Å²) in [6.45, 7) is 0.0950. The quantitative estimate of drug-likeness (QED) is 0.643. The van der Waals surface area contributed by atoms with E-state index in [2.05, 4.69) is 15.0 Å². The van der Waals surface area contributed by atoms with Crippen LogP contribution in [0.15, 0.2) is 41.8 Å². The van der Waals surface area contributed by atoms with Gasteiger partial charge in [-0.2, -0.15) is 17.5 Å². The van der Waals surface area contributed by atoms with Crippen LogP contribution < -0.4 is 10.6 Å². The monoisotopic (exact) mass is 385 g/mol. The zero-order valence-electron chi connectivity index (χ0n) is 12.5. The SMILES string of the molecule is O=C(NCc1ccc(C(F)(F)F)cc1)Nc1ccc(Cl)c2csnc12. The van der Waals surface area contributed by atoms with Gasteiger partial charge in [0.2, 0.25) is 0 Å². The smallest absolute Gasteiger partial charge is 0.334 e. The summed E-state index contributed by atoms with van der Waals surface area (Å²) in [5.41, 5.74) is 0.915. The lowest BCUT2D eigenvalue weighted by Crippen LogP contribution is -2.28. The number of hydrogen-bond donors (Lipinski definition) is 2. The molecular formula is C16H11ClF3N3OS. The summed E-state index contributed by atoms with van der Waals surface area (Å²) in [5, 5.41) is 8.31. The van der Waals surface area contributed by atoms with Crippen LogP contribution in [0.1, 0.15) is 11.1 Å². The number of aromatic nitrogens is 1. The highest BCUT2D eigenvalue weighted by atomic mass is 35.5. The van der Waals surface area contributed by atoms with Gasteiger partial charge in [-0.05, 0) is 41.4 Å². The second-order valence-electron chi connectivity index (χ2n) is 5.17. The summed E-state index contributed by atoms with van der Waals surface area (Å²) < 4.78 is 41.7. The standard InChI is InChI=1S/C16H11ClF3N3OS/c17-12-5-6-13(14-11(12)8-25-23-14)22-15(24)21-7-9-1-3-10(4-2-9)16(18,19)20/h1-6,8H,7H2,(H2,21,22,24). The van der Waals surface area contributed by atoms with Crippen molar-refractivity contribution in [2.75, 3.05) is 5.32 Å². The van der Waals surface area contributed by atoms with E-state index in [9.17, 15) is 18.0 Å². The Hall–Kier alpha value is -2.32. The first-order valence-corrected chi connectivity index (χ1v) is 8.29. The second kappa shape index (κ2) is 6.89. The van der Waals surface area contributed by atoms with Gasteiger partial charge in [0.15, 0.2) is 0 Å². The summed E-state index contributed by atoms with van der Waals surface area (Å²) in [4.78, 5) is 12.0. The molecule has 2 amide bonds. The van der Waals surface area contributed by atoms with Crippen LogP contribution in [0.25, 0.3) is 10.9 Å². The molecule has 1 heterocycles. The molecule has 0 aliphatic rings. The zero-order chi connectivity index (χ0) is 18.0. The number of benzene rings is 2. The molecule has 0 aliphatic carbocycles. The minimum absolute atomic E-state index is 0.0950. The highest BCUT2D eigenvalue weighted by Gasteiger charge is 2.29. The van der Waals surface area contributed by atoms with E-state index in [1.165, 1.54) is 23.7 Å². The number of alkyl halides is 3. The molecule has 3 aromatic rings. The number of carbonyl (C=O) groups excluding carboxylic acids is 1. The van der Waals surface area contributed by atoms with E-state index >= 15 is 0 Å². The van der Waals surface area contributed by atoms with Gasteiger partial charge in [0.25, 0.3) is 0 Å². The first kappa shape index (κ1) is 17.5. The Morgan fingerprint density at radius 2 is 1.88 bits per heavy atom. The molecule has 0 unspecified atom stereocenters. The van der Waals surface area contributed by atoms with Gasteiger partial charge >= 0.3 is 12.2 Å². The normalized spacial score (nSPS) is 11.5. The van der Waals surface area contributed by atoms with E-state index in [0.29, 0.717) is 21.8 Å². The van der Waals surface area contributed by atoms with Gasteiger partial charge in [-0.15, -0.1) is 0 Å². The maximum absolute atomic E-state index is 12.5. The maximum atomic E-state index is 12.5. The topological polar surface area (TPSA) is 54.0 Å². The lowest BCUT2D eigenvalue weighted by Gasteiger charge is -2.10. The summed E-state index contributed by atoms with van der Waals surface area (Å²) in [7, 11) is 0. The second-order valence-corrected chi connectivity index (χ2v) is 6.21. The Balaban J connectivity index is 1.63.